The Labute approximate surface area is 173 Å². The molecule has 2 N–H and O–H groups in total. The highest BCUT2D eigenvalue weighted by atomic mass is 19.4. The van der Waals surface area contributed by atoms with E-state index < -0.39 is 29.7 Å². The maximum Gasteiger partial charge on any atom is 0.440 e. The molecule has 1 unspecified atom stereocenters. The van der Waals surface area contributed by atoms with Crippen LogP contribution in [-0.4, -0.2) is 29.7 Å². The molecule has 1 aromatic carbocycles. The van der Waals surface area contributed by atoms with Gasteiger partial charge >= 0.3 is 12.2 Å². The molecule has 2 fully saturated rings. The van der Waals surface area contributed by atoms with Crippen molar-refractivity contribution < 1.29 is 27.6 Å². The molecule has 9 heteroatoms. The Balaban J connectivity index is 1.83. The summed E-state index contributed by atoms with van der Waals surface area (Å²) in [7, 11) is 0. The van der Waals surface area contributed by atoms with Gasteiger partial charge in [0.2, 0.25) is 5.91 Å². The lowest BCUT2D eigenvalue weighted by Crippen LogP contribution is -2.69. The van der Waals surface area contributed by atoms with E-state index >= 15 is 0 Å². The summed E-state index contributed by atoms with van der Waals surface area (Å²) in [6, 6.07) is 3.45. The fourth-order valence-corrected chi connectivity index (χ4v) is 4.16. The molecule has 1 atom stereocenters. The van der Waals surface area contributed by atoms with Gasteiger partial charge in [0.25, 0.3) is 11.6 Å². The SMILES string of the molecule is Cc1cccc(N2C(=O)NC(NC(=O)CCC3CCCCC3)(C(F)(F)F)C2=O)c1C. The number of hydrogen-bond donors (Lipinski definition) is 2. The van der Waals surface area contributed by atoms with E-state index in [0.29, 0.717) is 28.4 Å². The fraction of sp³-hybridized carbons (Fsp3) is 0.571. The van der Waals surface area contributed by atoms with Crippen molar-refractivity contribution >= 4 is 23.5 Å². The minimum absolute atomic E-state index is 0.0556. The third-order valence-electron chi connectivity index (χ3n) is 6.09. The molecular weight excluding hydrogens is 399 g/mol. The number of hydrogen-bond acceptors (Lipinski definition) is 3. The Morgan fingerprint density at radius 1 is 1.20 bits per heavy atom. The molecule has 0 radical (unpaired) electrons. The Morgan fingerprint density at radius 3 is 2.50 bits per heavy atom. The number of nitrogens with zero attached hydrogens (tertiary/aromatic N) is 1. The summed E-state index contributed by atoms with van der Waals surface area (Å²) in [5.41, 5.74) is -2.19. The number of halogens is 3. The zero-order valence-electron chi connectivity index (χ0n) is 17.1. The van der Waals surface area contributed by atoms with Crippen LogP contribution in [0.2, 0.25) is 0 Å². The third kappa shape index (κ3) is 4.02. The van der Waals surface area contributed by atoms with Gasteiger partial charge in [0.15, 0.2) is 0 Å². The molecule has 4 amide bonds. The maximum absolute atomic E-state index is 14.0. The molecule has 1 heterocycles. The predicted octanol–water partition coefficient (Wildman–Crippen LogP) is 4.09. The van der Waals surface area contributed by atoms with Gasteiger partial charge in [-0.05, 0) is 43.4 Å². The highest BCUT2D eigenvalue weighted by molar-refractivity contribution is 6.24. The van der Waals surface area contributed by atoms with Crippen LogP contribution >= 0.6 is 0 Å². The Morgan fingerprint density at radius 2 is 1.87 bits per heavy atom. The topological polar surface area (TPSA) is 78.5 Å². The van der Waals surface area contributed by atoms with Gasteiger partial charge in [-0.25, -0.2) is 9.69 Å². The largest absolute Gasteiger partial charge is 0.440 e. The quantitative estimate of drug-likeness (QED) is 0.698. The van der Waals surface area contributed by atoms with Crippen LogP contribution in [0.25, 0.3) is 0 Å². The van der Waals surface area contributed by atoms with E-state index in [1.54, 1.807) is 36.6 Å². The first-order valence-electron chi connectivity index (χ1n) is 10.2. The van der Waals surface area contributed by atoms with Crippen molar-refractivity contribution in [3.8, 4) is 0 Å². The molecule has 6 nitrogen and oxygen atoms in total. The van der Waals surface area contributed by atoms with Gasteiger partial charge in [-0.1, -0.05) is 44.2 Å². The summed E-state index contributed by atoms with van der Waals surface area (Å²) < 4.78 is 42.0. The molecule has 1 aromatic rings. The number of urea groups is 1. The first kappa shape index (κ1) is 22.1. The smallest absolute Gasteiger partial charge is 0.318 e. The van der Waals surface area contributed by atoms with Crippen molar-refractivity contribution in [1.82, 2.24) is 10.6 Å². The molecule has 1 aliphatic heterocycles. The summed E-state index contributed by atoms with van der Waals surface area (Å²) in [6.45, 7) is 3.34. The van der Waals surface area contributed by atoms with Gasteiger partial charge in [0, 0.05) is 6.42 Å². The summed E-state index contributed by atoms with van der Waals surface area (Å²) in [4.78, 5) is 38.2. The number of amides is 4. The molecule has 30 heavy (non-hydrogen) atoms. The molecule has 3 rings (SSSR count). The van der Waals surface area contributed by atoms with E-state index in [9.17, 15) is 27.6 Å². The van der Waals surface area contributed by atoms with E-state index in [-0.39, 0.29) is 12.1 Å². The molecule has 0 aromatic heterocycles. The number of imide groups is 1. The van der Waals surface area contributed by atoms with Crippen LogP contribution in [0.15, 0.2) is 18.2 Å². The highest BCUT2D eigenvalue weighted by Crippen LogP contribution is 2.37. The van der Waals surface area contributed by atoms with Gasteiger partial charge in [-0.2, -0.15) is 13.2 Å². The third-order valence-corrected chi connectivity index (χ3v) is 6.09. The van der Waals surface area contributed by atoms with Crippen molar-refractivity contribution in [3.05, 3.63) is 29.3 Å². The first-order chi connectivity index (χ1) is 14.1. The van der Waals surface area contributed by atoms with Crippen LogP contribution in [0.3, 0.4) is 0 Å². The van der Waals surface area contributed by atoms with Gasteiger partial charge in [-0.15, -0.1) is 0 Å². The Bertz CT molecular complexity index is 850. The molecule has 0 spiro atoms. The number of aryl methyl sites for hydroxylation is 1. The van der Waals surface area contributed by atoms with Crippen LogP contribution in [0.1, 0.15) is 56.1 Å². The lowest BCUT2D eigenvalue weighted by molar-refractivity contribution is -0.201. The number of alkyl halides is 3. The summed E-state index contributed by atoms with van der Waals surface area (Å²) in [6.07, 6.45) is 0.275. The molecular formula is C21H26F3N3O3. The van der Waals surface area contributed by atoms with Crippen LogP contribution in [0.5, 0.6) is 0 Å². The second kappa shape index (κ2) is 8.28. The van der Waals surface area contributed by atoms with E-state index in [0.717, 1.165) is 32.1 Å². The molecule has 1 saturated heterocycles. The van der Waals surface area contributed by atoms with Crippen molar-refractivity contribution in [2.45, 2.75) is 70.6 Å². The standard InChI is InChI=1S/C21H26F3N3O3/c1-13-7-6-10-16(14(13)2)27-18(29)20(21(22,23)24,26-19(27)30)25-17(28)12-11-15-8-4-3-5-9-15/h6-7,10,15H,3-5,8-9,11-12H2,1-2H3,(H,25,28)(H,26,30). The van der Waals surface area contributed by atoms with E-state index in [4.69, 9.17) is 0 Å². The number of carbonyl (C=O) groups is 3. The summed E-state index contributed by atoms with van der Waals surface area (Å²) >= 11 is 0. The van der Waals surface area contributed by atoms with Crippen molar-refractivity contribution in [2.24, 2.45) is 5.92 Å². The Hall–Kier alpha value is -2.58. The van der Waals surface area contributed by atoms with Gasteiger partial charge < -0.3 is 5.32 Å². The minimum atomic E-state index is -5.20. The molecule has 0 bridgehead atoms. The monoisotopic (exact) mass is 425 g/mol. The number of anilines is 1. The van der Waals surface area contributed by atoms with E-state index in [2.05, 4.69) is 0 Å². The fourth-order valence-electron chi connectivity index (χ4n) is 4.16. The van der Waals surface area contributed by atoms with Crippen molar-refractivity contribution in [2.75, 3.05) is 4.90 Å². The first-order valence-corrected chi connectivity index (χ1v) is 10.2. The summed E-state index contributed by atoms with van der Waals surface area (Å²) in [5.74, 6) is -2.17. The zero-order valence-corrected chi connectivity index (χ0v) is 17.1. The number of rotatable bonds is 5. The van der Waals surface area contributed by atoms with Crippen LogP contribution < -0.4 is 15.5 Å². The Kier molecular flexibility index (Phi) is 6.10. The molecule has 1 saturated carbocycles. The normalized spacial score (nSPS) is 22.9. The number of nitrogens with one attached hydrogen (secondary N) is 2. The van der Waals surface area contributed by atoms with Crippen LogP contribution in [-0.2, 0) is 9.59 Å². The lowest BCUT2D eigenvalue weighted by Gasteiger charge is -2.30. The number of benzene rings is 1. The molecule has 2 aliphatic rings. The lowest BCUT2D eigenvalue weighted by atomic mass is 9.86. The van der Waals surface area contributed by atoms with E-state index in [1.807, 2.05) is 0 Å². The van der Waals surface area contributed by atoms with E-state index in [1.165, 1.54) is 6.07 Å². The number of carbonyl (C=O) groups excluding carboxylic acids is 3. The van der Waals surface area contributed by atoms with Crippen molar-refractivity contribution in [1.29, 1.82) is 0 Å². The van der Waals surface area contributed by atoms with Gasteiger partial charge in [-0.3, -0.25) is 14.9 Å². The maximum atomic E-state index is 14.0. The average molecular weight is 425 g/mol. The predicted molar refractivity (Wildman–Crippen MR) is 105 cm³/mol. The highest BCUT2D eigenvalue weighted by Gasteiger charge is 2.69. The average Bonchev–Trinajstić information content (AvgIpc) is 2.94. The molecule has 164 valence electrons. The second-order valence-electron chi connectivity index (χ2n) is 8.13. The second-order valence-corrected chi connectivity index (χ2v) is 8.13. The van der Waals surface area contributed by atoms with Gasteiger partial charge in [0.05, 0.1) is 5.69 Å². The van der Waals surface area contributed by atoms with Gasteiger partial charge in [0.1, 0.15) is 0 Å². The molecule has 1 aliphatic carbocycles. The zero-order chi connectivity index (χ0) is 22.1. The van der Waals surface area contributed by atoms with Crippen LogP contribution in [0.4, 0.5) is 23.7 Å². The van der Waals surface area contributed by atoms with Crippen LogP contribution in [0, 0.1) is 19.8 Å². The summed E-state index contributed by atoms with van der Waals surface area (Å²) in [5, 5.41) is 3.50. The van der Waals surface area contributed by atoms with Crippen molar-refractivity contribution in [3.63, 3.8) is 0 Å². The minimum Gasteiger partial charge on any atom is -0.318 e.